The Bertz CT molecular complexity index is 339. The summed E-state index contributed by atoms with van der Waals surface area (Å²) in [6.45, 7) is 7.47. The van der Waals surface area contributed by atoms with E-state index in [2.05, 4.69) is 20.8 Å². The second kappa shape index (κ2) is 13.1. The molecule has 3 unspecified atom stereocenters. The van der Waals surface area contributed by atoms with Crippen LogP contribution in [0, 0.1) is 5.92 Å². The summed E-state index contributed by atoms with van der Waals surface area (Å²) in [5, 5.41) is 0. The molecule has 0 aromatic rings. The molecule has 0 aliphatic carbocycles. The number of rotatable bonds is 17. The lowest BCUT2D eigenvalue weighted by atomic mass is 9.70. The second-order valence-corrected chi connectivity index (χ2v) is 8.93. The summed E-state index contributed by atoms with van der Waals surface area (Å²) in [6, 6.07) is 0. The Balaban J connectivity index is 2.35. The van der Waals surface area contributed by atoms with Gasteiger partial charge < -0.3 is 16.2 Å². The van der Waals surface area contributed by atoms with Crippen LogP contribution >= 0.6 is 0 Å². The average molecular weight is 369 g/mol. The van der Waals surface area contributed by atoms with E-state index >= 15 is 0 Å². The molecule has 1 aliphatic rings. The number of hydrogen-bond acceptors (Lipinski definition) is 3. The molecular weight excluding hydrogens is 320 g/mol. The van der Waals surface area contributed by atoms with Gasteiger partial charge in [-0.15, -0.1) is 0 Å². The molecule has 4 N–H and O–H groups in total. The Labute approximate surface area is 164 Å². The summed E-state index contributed by atoms with van der Waals surface area (Å²) in [7, 11) is 0. The van der Waals surface area contributed by atoms with E-state index in [4.69, 9.17) is 16.2 Å². The molecule has 0 radical (unpaired) electrons. The maximum absolute atomic E-state index is 6.79. The number of hydrogen-bond donors (Lipinski definition) is 2. The van der Waals surface area contributed by atoms with Gasteiger partial charge in [0.15, 0.2) is 0 Å². The fourth-order valence-electron chi connectivity index (χ4n) is 4.36. The smallest absolute Gasteiger partial charge is 0.137 e. The van der Waals surface area contributed by atoms with E-state index in [0.29, 0.717) is 5.92 Å². The molecule has 0 amide bonds. The van der Waals surface area contributed by atoms with E-state index in [-0.39, 0.29) is 0 Å². The van der Waals surface area contributed by atoms with Crippen molar-refractivity contribution in [3.05, 3.63) is 0 Å². The van der Waals surface area contributed by atoms with Gasteiger partial charge in [0.05, 0.1) is 12.1 Å². The molecule has 1 fully saturated rings. The SMILES string of the molecule is CCCCCCCCCCC(CCCCCCC)C(C)(N)C1(N)CCO1. The van der Waals surface area contributed by atoms with Gasteiger partial charge in [-0.1, -0.05) is 97.3 Å². The minimum atomic E-state index is -0.596. The van der Waals surface area contributed by atoms with Crippen LogP contribution in [0.2, 0.25) is 0 Å². The number of nitrogens with two attached hydrogens (primary N) is 2. The van der Waals surface area contributed by atoms with Gasteiger partial charge in [-0.3, -0.25) is 0 Å². The first-order valence-electron chi connectivity index (χ1n) is 11.7. The van der Waals surface area contributed by atoms with Crippen molar-refractivity contribution in [2.75, 3.05) is 6.61 Å². The van der Waals surface area contributed by atoms with Crippen molar-refractivity contribution in [3.8, 4) is 0 Å². The largest absolute Gasteiger partial charge is 0.359 e. The Morgan fingerprint density at radius 3 is 1.54 bits per heavy atom. The van der Waals surface area contributed by atoms with E-state index in [1.54, 1.807) is 0 Å². The molecule has 0 aromatic heterocycles. The quantitative estimate of drug-likeness (QED) is 0.297. The first-order chi connectivity index (χ1) is 12.5. The van der Waals surface area contributed by atoms with Crippen LogP contribution in [0.5, 0.6) is 0 Å². The summed E-state index contributed by atoms with van der Waals surface area (Å²) >= 11 is 0. The Morgan fingerprint density at radius 1 is 0.808 bits per heavy atom. The monoisotopic (exact) mass is 368 g/mol. The minimum absolute atomic E-state index is 0.406. The van der Waals surface area contributed by atoms with Crippen molar-refractivity contribution in [2.45, 2.75) is 135 Å². The van der Waals surface area contributed by atoms with Crippen molar-refractivity contribution in [3.63, 3.8) is 0 Å². The molecular formula is C23H48N2O. The van der Waals surface area contributed by atoms with Crippen molar-refractivity contribution in [1.29, 1.82) is 0 Å². The van der Waals surface area contributed by atoms with Crippen molar-refractivity contribution in [1.82, 2.24) is 0 Å². The minimum Gasteiger partial charge on any atom is -0.359 e. The molecule has 26 heavy (non-hydrogen) atoms. The summed E-state index contributed by atoms with van der Waals surface area (Å²) in [5.74, 6) is 0.481. The van der Waals surface area contributed by atoms with Crippen LogP contribution in [0.25, 0.3) is 0 Å². The zero-order chi connectivity index (χ0) is 19.3. The molecule has 1 rings (SSSR count). The first kappa shape index (κ1) is 23.9. The number of unbranched alkanes of at least 4 members (excludes halogenated alkanes) is 11. The standard InChI is InChI=1S/C23H48N2O/c1-4-6-8-10-11-12-14-16-18-21(17-15-13-9-7-5-2)22(3,24)23(25)19-20-26-23/h21H,4-20,24-25H2,1-3H3. The Morgan fingerprint density at radius 2 is 1.19 bits per heavy atom. The van der Waals surface area contributed by atoms with Gasteiger partial charge in [0.25, 0.3) is 0 Å². The molecule has 1 saturated heterocycles. The highest BCUT2D eigenvalue weighted by atomic mass is 16.5. The third-order valence-electron chi connectivity index (χ3n) is 6.66. The predicted octanol–water partition coefficient (Wildman–Crippen LogP) is 6.29. The molecule has 3 atom stereocenters. The zero-order valence-corrected chi connectivity index (χ0v) is 18.2. The Hall–Kier alpha value is -0.120. The lowest BCUT2D eigenvalue weighted by Gasteiger charge is -2.53. The van der Waals surface area contributed by atoms with Crippen molar-refractivity contribution < 1.29 is 4.74 Å². The summed E-state index contributed by atoms with van der Waals surface area (Å²) in [5.41, 5.74) is 12.3. The molecule has 156 valence electrons. The van der Waals surface area contributed by atoms with Gasteiger partial charge in [0, 0.05) is 6.42 Å². The fourth-order valence-corrected chi connectivity index (χ4v) is 4.36. The maximum Gasteiger partial charge on any atom is 0.137 e. The normalized spacial score (nSPS) is 23.4. The van der Waals surface area contributed by atoms with Crippen LogP contribution in [0.4, 0.5) is 0 Å². The summed E-state index contributed by atoms with van der Waals surface area (Å²) in [4.78, 5) is 0. The fraction of sp³-hybridized carbons (Fsp3) is 1.00. The van der Waals surface area contributed by atoms with Crippen LogP contribution < -0.4 is 11.5 Å². The zero-order valence-electron chi connectivity index (χ0n) is 18.2. The van der Waals surface area contributed by atoms with E-state index in [0.717, 1.165) is 13.0 Å². The summed E-state index contributed by atoms with van der Waals surface area (Å²) in [6.07, 6.45) is 20.9. The van der Waals surface area contributed by atoms with Crippen LogP contribution in [0.15, 0.2) is 0 Å². The Kier molecular flexibility index (Phi) is 12.1. The molecule has 3 nitrogen and oxygen atoms in total. The predicted molar refractivity (Wildman–Crippen MR) is 114 cm³/mol. The molecule has 0 bridgehead atoms. The van der Waals surface area contributed by atoms with Gasteiger partial charge in [-0.2, -0.15) is 0 Å². The van der Waals surface area contributed by atoms with Crippen molar-refractivity contribution in [2.24, 2.45) is 17.4 Å². The summed E-state index contributed by atoms with van der Waals surface area (Å²) < 4.78 is 5.74. The lowest BCUT2D eigenvalue weighted by molar-refractivity contribution is -0.195. The van der Waals surface area contributed by atoms with E-state index in [1.807, 2.05) is 0 Å². The van der Waals surface area contributed by atoms with Crippen LogP contribution in [0.1, 0.15) is 124 Å². The molecule has 0 saturated carbocycles. The van der Waals surface area contributed by atoms with Gasteiger partial charge in [-0.05, 0) is 25.7 Å². The van der Waals surface area contributed by atoms with Gasteiger partial charge in [-0.25, -0.2) is 0 Å². The van der Waals surface area contributed by atoms with E-state index in [1.165, 1.54) is 96.3 Å². The second-order valence-electron chi connectivity index (χ2n) is 8.93. The molecule has 3 heteroatoms. The van der Waals surface area contributed by atoms with Crippen LogP contribution in [-0.4, -0.2) is 17.9 Å². The highest BCUT2D eigenvalue weighted by molar-refractivity contribution is 5.05. The average Bonchev–Trinajstić information content (AvgIpc) is 2.59. The van der Waals surface area contributed by atoms with Gasteiger partial charge in [0.1, 0.15) is 5.72 Å². The highest BCUT2D eigenvalue weighted by Gasteiger charge is 2.52. The van der Waals surface area contributed by atoms with E-state index < -0.39 is 11.3 Å². The van der Waals surface area contributed by atoms with Crippen LogP contribution in [0.3, 0.4) is 0 Å². The first-order valence-corrected chi connectivity index (χ1v) is 11.7. The molecule has 0 spiro atoms. The molecule has 0 aromatic carbocycles. The maximum atomic E-state index is 6.79. The molecule has 1 heterocycles. The third-order valence-corrected chi connectivity index (χ3v) is 6.66. The van der Waals surface area contributed by atoms with Crippen LogP contribution in [-0.2, 0) is 4.74 Å². The third kappa shape index (κ3) is 7.86. The number of ether oxygens (including phenoxy) is 1. The van der Waals surface area contributed by atoms with Gasteiger partial charge in [0.2, 0.25) is 0 Å². The molecule has 1 aliphatic heterocycles. The lowest BCUT2D eigenvalue weighted by Crippen LogP contribution is -2.73. The van der Waals surface area contributed by atoms with E-state index in [9.17, 15) is 0 Å². The topological polar surface area (TPSA) is 61.3 Å². The van der Waals surface area contributed by atoms with Crippen molar-refractivity contribution >= 4 is 0 Å². The van der Waals surface area contributed by atoms with Gasteiger partial charge >= 0.3 is 0 Å². The highest BCUT2D eigenvalue weighted by Crippen LogP contribution is 2.39.